The number of hydrogen-bond donors (Lipinski definition) is 0. The van der Waals surface area contributed by atoms with E-state index in [2.05, 4.69) is 31.2 Å². The Morgan fingerprint density at radius 3 is 2.27 bits per heavy atom. The molecule has 0 aliphatic carbocycles. The Morgan fingerprint density at radius 2 is 1.58 bits per heavy atom. The number of carbonyl (C=O) groups is 1. The Kier molecular flexibility index (Phi) is 9.58. The zero-order valence-electron chi connectivity index (χ0n) is 15.4. The van der Waals surface area contributed by atoms with Crippen molar-refractivity contribution in [3.63, 3.8) is 0 Å². The van der Waals surface area contributed by atoms with Crippen LogP contribution in [0.2, 0.25) is 5.02 Å². The molecule has 0 aromatic heterocycles. The summed E-state index contributed by atoms with van der Waals surface area (Å²) in [6.07, 6.45) is 11.5. The van der Waals surface area contributed by atoms with Crippen LogP contribution in [0.3, 0.4) is 0 Å². The van der Waals surface area contributed by atoms with E-state index in [1.54, 1.807) is 30.3 Å². The third-order valence-corrected chi connectivity index (χ3v) is 5.55. The van der Waals surface area contributed by atoms with Crippen molar-refractivity contribution < 1.29 is 4.79 Å². The summed E-state index contributed by atoms with van der Waals surface area (Å²) in [6.45, 7) is 2.25. The summed E-state index contributed by atoms with van der Waals surface area (Å²) in [7, 11) is 0. The van der Waals surface area contributed by atoms with E-state index in [0.29, 0.717) is 10.6 Å². The quantitative estimate of drug-likeness (QED) is 0.170. The largest absolute Gasteiger partial charge is 0.289 e. The molecule has 0 bridgehead atoms. The topological polar surface area (TPSA) is 17.1 Å². The summed E-state index contributed by atoms with van der Waals surface area (Å²) in [6, 6.07) is 15.4. The summed E-state index contributed by atoms with van der Waals surface area (Å²) in [5, 5.41) is 0.638. The smallest absolute Gasteiger partial charge is 0.185 e. The van der Waals surface area contributed by atoms with Crippen molar-refractivity contribution in [2.45, 2.75) is 50.3 Å². The van der Waals surface area contributed by atoms with Crippen molar-refractivity contribution in [3.05, 3.63) is 70.8 Å². The first-order chi connectivity index (χ1) is 12.7. The van der Waals surface area contributed by atoms with Crippen molar-refractivity contribution in [1.29, 1.82) is 0 Å². The van der Waals surface area contributed by atoms with Gasteiger partial charge in [-0.05, 0) is 60.2 Å². The number of hydrogen-bond acceptors (Lipinski definition) is 2. The van der Waals surface area contributed by atoms with Crippen molar-refractivity contribution in [2.75, 3.05) is 5.75 Å². The molecule has 0 spiro atoms. The van der Waals surface area contributed by atoms with Gasteiger partial charge in [0.2, 0.25) is 0 Å². The molecule has 0 saturated carbocycles. The average Bonchev–Trinajstić information content (AvgIpc) is 2.67. The van der Waals surface area contributed by atoms with Gasteiger partial charge in [0.15, 0.2) is 5.78 Å². The Morgan fingerprint density at radius 1 is 0.923 bits per heavy atom. The third-order valence-electron chi connectivity index (χ3n) is 4.20. The van der Waals surface area contributed by atoms with Crippen molar-refractivity contribution >= 4 is 35.2 Å². The number of ketones is 1. The van der Waals surface area contributed by atoms with E-state index in [1.807, 2.05) is 17.8 Å². The number of thioether (sulfide) groups is 1. The average molecular weight is 387 g/mol. The van der Waals surface area contributed by atoms with E-state index in [0.717, 1.165) is 5.56 Å². The standard InChI is InChI=1S/C23H27ClOS/c1-2-3-4-5-6-7-18-26-22-15-8-19(9-16-22)10-17-23(25)20-11-13-21(24)14-12-20/h8-17H,2-7,18H2,1H3. The number of rotatable bonds is 11. The molecule has 0 atom stereocenters. The van der Waals surface area contributed by atoms with Gasteiger partial charge in [-0.3, -0.25) is 4.79 Å². The van der Waals surface area contributed by atoms with Crippen molar-refractivity contribution in [2.24, 2.45) is 0 Å². The summed E-state index contributed by atoms with van der Waals surface area (Å²) in [5.74, 6) is 1.17. The Balaban J connectivity index is 1.74. The Labute approximate surface area is 166 Å². The highest BCUT2D eigenvalue weighted by Crippen LogP contribution is 2.21. The second kappa shape index (κ2) is 12.0. The molecule has 26 heavy (non-hydrogen) atoms. The number of unbranched alkanes of at least 4 members (excludes halogenated alkanes) is 5. The number of benzene rings is 2. The molecule has 0 radical (unpaired) electrons. The van der Waals surface area contributed by atoms with Crippen LogP contribution < -0.4 is 0 Å². The predicted octanol–water partition coefficient (Wildman–Crippen LogP) is 7.69. The second-order valence-electron chi connectivity index (χ2n) is 6.39. The van der Waals surface area contributed by atoms with E-state index < -0.39 is 0 Å². The normalized spacial score (nSPS) is 11.2. The molecule has 0 aliphatic heterocycles. The lowest BCUT2D eigenvalue weighted by Gasteiger charge is -2.03. The lowest BCUT2D eigenvalue weighted by Crippen LogP contribution is -1.93. The lowest BCUT2D eigenvalue weighted by atomic mass is 10.1. The summed E-state index contributed by atoms with van der Waals surface area (Å²) >= 11 is 7.76. The number of allylic oxidation sites excluding steroid dienone is 1. The van der Waals surface area contributed by atoms with Crippen LogP contribution in [-0.4, -0.2) is 11.5 Å². The highest BCUT2D eigenvalue weighted by molar-refractivity contribution is 7.99. The molecule has 0 heterocycles. The lowest BCUT2D eigenvalue weighted by molar-refractivity contribution is 0.104. The Hall–Kier alpha value is -1.51. The molecule has 0 fully saturated rings. The van der Waals surface area contributed by atoms with E-state index in [-0.39, 0.29) is 5.78 Å². The highest BCUT2D eigenvalue weighted by Gasteiger charge is 2.01. The fourth-order valence-corrected chi connectivity index (χ4v) is 3.67. The van der Waals surface area contributed by atoms with Gasteiger partial charge in [0.1, 0.15) is 0 Å². The van der Waals surface area contributed by atoms with Gasteiger partial charge in [0, 0.05) is 15.5 Å². The van der Waals surface area contributed by atoms with Gasteiger partial charge in [0.25, 0.3) is 0 Å². The number of halogens is 1. The number of carbonyl (C=O) groups excluding carboxylic acids is 1. The van der Waals surface area contributed by atoms with Crippen LogP contribution in [0, 0.1) is 0 Å². The van der Waals surface area contributed by atoms with Gasteiger partial charge in [-0.25, -0.2) is 0 Å². The van der Waals surface area contributed by atoms with Crippen LogP contribution in [0.15, 0.2) is 59.5 Å². The van der Waals surface area contributed by atoms with Gasteiger partial charge in [-0.2, -0.15) is 0 Å². The zero-order chi connectivity index (χ0) is 18.6. The fraction of sp³-hybridized carbons (Fsp3) is 0.348. The molecule has 2 aromatic carbocycles. The molecule has 0 amide bonds. The molecule has 3 heteroatoms. The zero-order valence-corrected chi connectivity index (χ0v) is 17.0. The molecule has 0 saturated heterocycles. The van der Waals surface area contributed by atoms with E-state index in [4.69, 9.17) is 11.6 Å². The van der Waals surface area contributed by atoms with Crippen LogP contribution in [-0.2, 0) is 0 Å². The first kappa shape index (κ1) is 20.8. The molecular formula is C23H27ClOS. The van der Waals surface area contributed by atoms with E-state index >= 15 is 0 Å². The van der Waals surface area contributed by atoms with Gasteiger partial charge >= 0.3 is 0 Å². The SMILES string of the molecule is CCCCCCCCSc1ccc(C=CC(=O)c2ccc(Cl)cc2)cc1. The predicted molar refractivity (Wildman–Crippen MR) is 115 cm³/mol. The highest BCUT2D eigenvalue weighted by atomic mass is 35.5. The molecule has 0 aliphatic rings. The molecule has 2 rings (SSSR count). The molecule has 0 unspecified atom stereocenters. The Bertz CT molecular complexity index is 689. The van der Waals surface area contributed by atoms with Crippen LogP contribution in [0.5, 0.6) is 0 Å². The first-order valence-electron chi connectivity index (χ1n) is 9.40. The second-order valence-corrected chi connectivity index (χ2v) is 7.99. The summed E-state index contributed by atoms with van der Waals surface area (Å²) in [5.41, 5.74) is 1.69. The maximum atomic E-state index is 12.1. The van der Waals surface area contributed by atoms with E-state index in [9.17, 15) is 4.79 Å². The molecule has 1 nitrogen and oxygen atoms in total. The minimum atomic E-state index is -0.0109. The van der Waals surface area contributed by atoms with Gasteiger partial charge < -0.3 is 0 Å². The van der Waals surface area contributed by atoms with Gasteiger partial charge in [-0.15, -0.1) is 11.8 Å². The molecular weight excluding hydrogens is 360 g/mol. The summed E-state index contributed by atoms with van der Waals surface area (Å²) in [4.78, 5) is 13.4. The molecule has 2 aromatic rings. The fourth-order valence-electron chi connectivity index (χ4n) is 2.63. The first-order valence-corrected chi connectivity index (χ1v) is 10.8. The maximum absolute atomic E-state index is 12.1. The van der Waals surface area contributed by atoms with E-state index in [1.165, 1.54) is 49.2 Å². The van der Waals surface area contributed by atoms with Crippen LogP contribution >= 0.6 is 23.4 Å². The van der Waals surface area contributed by atoms with Crippen LogP contribution in [0.4, 0.5) is 0 Å². The molecule has 0 N–H and O–H groups in total. The monoisotopic (exact) mass is 386 g/mol. The van der Waals surface area contributed by atoms with Gasteiger partial charge in [0.05, 0.1) is 0 Å². The maximum Gasteiger partial charge on any atom is 0.185 e. The minimum Gasteiger partial charge on any atom is -0.289 e. The minimum absolute atomic E-state index is 0.0109. The van der Waals surface area contributed by atoms with Crippen molar-refractivity contribution in [1.82, 2.24) is 0 Å². The van der Waals surface area contributed by atoms with Crippen molar-refractivity contribution in [3.8, 4) is 0 Å². The van der Waals surface area contributed by atoms with Crippen LogP contribution in [0.25, 0.3) is 6.08 Å². The van der Waals surface area contributed by atoms with Gasteiger partial charge in [-0.1, -0.05) is 68.8 Å². The summed E-state index contributed by atoms with van der Waals surface area (Å²) < 4.78 is 0. The van der Waals surface area contributed by atoms with Crippen LogP contribution in [0.1, 0.15) is 61.4 Å². The third kappa shape index (κ3) is 7.80. The molecule has 138 valence electrons.